The third-order valence-electron chi connectivity index (χ3n) is 3.99. The zero-order valence-corrected chi connectivity index (χ0v) is 13.4. The molecule has 0 unspecified atom stereocenters. The molecule has 1 fully saturated rings. The first-order chi connectivity index (χ1) is 11.4. The lowest BCUT2D eigenvalue weighted by atomic mass is 9.85. The van der Waals surface area contributed by atoms with Crippen molar-refractivity contribution in [2.24, 2.45) is 0 Å². The Kier molecular flexibility index (Phi) is 4.10. The SMILES string of the molecule is c1ccc(Cn2cc(CSc3nnc(C4CCC4)o3)nn2)cc1. The standard InChI is InChI=1S/C16H17N5OS/c1-2-5-12(6-3-1)9-21-10-14(17-20-21)11-23-16-19-18-15(22-16)13-7-4-8-13/h1-3,5-6,10,13H,4,7-9,11H2. The summed E-state index contributed by atoms with van der Waals surface area (Å²) in [6.07, 6.45) is 5.56. The lowest BCUT2D eigenvalue weighted by Crippen LogP contribution is -2.08. The number of aromatic nitrogens is 5. The summed E-state index contributed by atoms with van der Waals surface area (Å²) in [5.41, 5.74) is 2.12. The molecule has 23 heavy (non-hydrogen) atoms. The minimum absolute atomic E-state index is 0.476. The van der Waals surface area contributed by atoms with Gasteiger partial charge in [-0.1, -0.05) is 53.7 Å². The fraction of sp³-hybridized carbons (Fsp3) is 0.375. The summed E-state index contributed by atoms with van der Waals surface area (Å²) >= 11 is 1.51. The number of thioether (sulfide) groups is 1. The fourth-order valence-electron chi connectivity index (χ4n) is 2.49. The van der Waals surface area contributed by atoms with Gasteiger partial charge in [-0.25, -0.2) is 4.68 Å². The van der Waals surface area contributed by atoms with Crippen molar-refractivity contribution in [3.05, 3.63) is 53.7 Å². The molecule has 2 heterocycles. The van der Waals surface area contributed by atoms with Crippen LogP contribution in [0.2, 0.25) is 0 Å². The second kappa shape index (κ2) is 6.54. The molecule has 7 heteroatoms. The Balaban J connectivity index is 1.33. The lowest BCUT2D eigenvalue weighted by molar-refractivity contribution is 0.310. The van der Waals surface area contributed by atoms with Crippen molar-refractivity contribution >= 4 is 11.8 Å². The Hall–Kier alpha value is -2.15. The van der Waals surface area contributed by atoms with Crippen LogP contribution in [-0.2, 0) is 12.3 Å². The zero-order valence-electron chi connectivity index (χ0n) is 12.6. The van der Waals surface area contributed by atoms with E-state index in [0.717, 1.165) is 18.1 Å². The molecule has 4 rings (SSSR count). The average Bonchev–Trinajstić information content (AvgIpc) is 3.14. The molecule has 1 aromatic carbocycles. The molecule has 0 spiro atoms. The normalized spacial score (nSPS) is 14.8. The number of benzene rings is 1. The summed E-state index contributed by atoms with van der Waals surface area (Å²) in [4.78, 5) is 0. The van der Waals surface area contributed by atoms with Crippen molar-refractivity contribution in [1.82, 2.24) is 25.2 Å². The topological polar surface area (TPSA) is 69.6 Å². The molecule has 2 aromatic heterocycles. The quantitative estimate of drug-likeness (QED) is 0.647. The summed E-state index contributed by atoms with van der Waals surface area (Å²) in [5.74, 6) is 1.94. The molecule has 0 atom stereocenters. The van der Waals surface area contributed by atoms with Gasteiger partial charge in [-0.2, -0.15) is 0 Å². The zero-order chi connectivity index (χ0) is 15.5. The van der Waals surface area contributed by atoms with Crippen LogP contribution in [0.1, 0.15) is 42.3 Å². The molecular weight excluding hydrogens is 310 g/mol. The molecule has 1 saturated carbocycles. The van der Waals surface area contributed by atoms with Gasteiger partial charge < -0.3 is 4.42 Å². The van der Waals surface area contributed by atoms with Gasteiger partial charge in [0, 0.05) is 17.9 Å². The average molecular weight is 327 g/mol. The summed E-state index contributed by atoms with van der Waals surface area (Å²) in [6.45, 7) is 0.727. The maximum absolute atomic E-state index is 5.70. The van der Waals surface area contributed by atoms with Crippen LogP contribution in [0.4, 0.5) is 0 Å². The predicted molar refractivity (Wildman–Crippen MR) is 86.0 cm³/mol. The van der Waals surface area contributed by atoms with Crippen LogP contribution >= 0.6 is 11.8 Å². The largest absolute Gasteiger partial charge is 0.416 e. The first-order valence-electron chi connectivity index (χ1n) is 7.76. The maximum atomic E-state index is 5.70. The molecule has 0 N–H and O–H groups in total. The highest BCUT2D eigenvalue weighted by atomic mass is 32.2. The van der Waals surface area contributed by atoms with Gasteiger partial charge in [0.1, 0.15) is 0 Å². The molecule has 0 bridgehead atoms. The molecule has 118 valence electrons. The summed E-state index contributed by atoms with van der Waals surface area (Å²) in [6, 6.07) is 10.2. The van der Waals surface area contributed by atoms with E-state index in [2.05, 4.69) is 32.6 Å². The molecule has 1 aliphatic carbocycles. The van der Waals surface area contributed by atoms with Crippen molar-refractivity contribution < 1.29 is 4.42 Å². The second-order valence-corrected chi connectivity index (χ2v) is 6.64. The van der Waals surface area contributed by atoms with Crippen molar-refractivity contribution in [3.8, 4) is 0 Å². The molecule has 6 nitrogen and oxygen atoms in total. The summed E-state index contributed by atoms with van der Waals surface area (Å²) in [5, 5.41) is 17.2. The van der Waals surface area contributed by atoms with E-state index in [9.17, 15) is 0 Å². The third kappa shape index (κ3) is 3.44. The molecule has 0 amide bonds. The monoisotopic (exact) mass is 327 g/mol. The van der Waals surface area contributed by atoms with Crippen LogP contribution in [0, 0.1) is 0 Å². The Morgan fingerprint density at radius 1 is 1.13 bits per heavy atom. The van der Waals surface area contributed by atoms with Crippen LogP contribution in [0.5, 0.6) is 0 Å². The Morgan fingerprint density at radius 3 is 2.78 bits per heavy atom. The van der Waals surface area contributed by atoms with Gasteiger partial charge in [0.15, 0.2) is 0 Å². The van der Waals surface area contributed by atoms with E-state index in [1.54, 1.807) is 0 Å². The maximum Gasteiger partial charge on any atom is 0.276 e. The van der Waals surface area contributed by atoms with E-state index >= 15 is 0 Å². The van der Waals surface area contributed by atoms with Crippen LogP contribution in [0.15, 0.2) is 46.2 Å². The van der Waals surface area contributed by atoms with Gasteiger partial charge >= 0.3 is 0 Å². The highest BCUT2D eigenvalue weighted by molar-refractivity contribution is 7.98. The number of hydrogen-bond donors (Lipinski definition) is 0. The highest BCUT2D eigenvalue weighted by Gasteiger charge is 2.25. The predicted octanol–water partition coefficient (Wildman–Crippen LogP) is 3.27. The fourth-order valence-corrected chi connectivity index (χ4v) is 3.13. The van der Waals surface area contributed by atoms with Crippen LogP contribution in [0.25, 0.3) is 0 Å². The second-order valence-electron chi connectivity index (χ2n) is 5.72. The molecule has 3 aromatic rings. The van der Waals surface area contributed by atoms with E-state index in [-0.39, 0.29) is 0 Å². The molecule has 0 aliphatic heterocycles. The summed E-state index contributed by atoms with van der Waals surface area (Å²) in [7, 11) is 0. The Bertz CT molecular complexity index is 766. The van der Waals surface area contributed by atoms with Gasteiger partial charge in [0.05, 0.1) is 12.2 Å². The van der Waals surface area contributed by atoms with E-state index < -0.39 is 0 Å². The number of hydrogen-bond acceptors (Lipinski definition) is 6. The molecular formula is C16H17N5OS. The molecule has 1 aliphatic rings. The van der Waals surface area contributed by atoms with Gasteiger partial charge in [-0.3, -0.25) is 0 Å². The molecule has 0 radical (unpaired) electrons. The Morgan fingerprint density at radius 2 is 2.00 bits per heavy atom. The van der Waals surface area contributed by atoms with Crippen molar-refractivity contribution in [3.63, 3.8) is 0 Å². The highest BCUT2D eigenvalue weighted by Crippen LogP contribution is 2.36. The first-order valence-corrected chi connectivity index (χ1v) is 8.74. The van der Waals surface area contributed by atoms with Gasteiger partial charge in [0.25, 0.3) is 5.22 Å². The number of rotatable bonds is 6. The van der Waals surface area contributed by atoms with Gasteiger partial charge in [-0.05, 0) is 18.4 Å². The van der Waals surface area contributed by atoms with Crippen LogP contribution in [0.3, 0.4) is 0 Å². The van der Waals surface area contributed by atoms with Crippen molar-refractivity contribution in [2.45, 2.75) is 42.7 Å². The minimum Gasteiger partial charge on any atom is -0.416 e. The lowest BCUT2D eigenvalue weighted by Gasteiger charge is -2.20. The minimum atomic E-state index is 0.476. The number of nitrogens with zero attached hydrogens (tertiary/aromatic N) is 5. The van der Waals surface area contributed by atoms with Gasteiger partial charge in [0.2, 0.25) is 5.89 Å². The van der Waals surface area contributed by atoms with Gasteiger partial charge in [-0.15, -0.1) is 15.3 Å². The summed E-state index contributed by atoms with van der Waals surface area (Å²) < 4.78 is 7.54. The van der Waals surface area contributed by atoms with Crippen LogP contribution in [-0.4, -0.2) is 25.2 Å². The van der Waals surface area contributed by atoms with E-state index in [4.69, 9.17) is 4.42 Å². The Labute approximate surface area is 138 Å². The van der Waals surface area contributed by atoms with Crippen molar-refractivity contribution in [2.75, 3.05) is 0 Å². The third-order valence-corrected chi connectivity index (χ3v) is 4.85. The van der Waals surface area contributed by atoms with Crippen LogP contribution < -0.4 is 0 Å². The first kappa shape index (κ1) is 14.4. The molecule has 0 saturated heterocycles. The smallest absolute Gasteiger partial charge is 0.276 e. The van der Waals surface area contributed by atoms with E-state index in [1.807, 2.05) is 29.1 Å². The van der Waals surface area contributed by atoms with E-state index in [1.165, 1.54) is 36.6 Å². The van der Waals surface area contributed by atoms with E-state index in [0.29, 0.717) is 16.9 Å². The van der Waals surface area contributed by atoms with Crippen molar-refractivity contribution in [1.29, 1.82) is 0 Å².